The summed E-state index contributed by atoms with van der Waals surface area (Å²) < 4.78 is 53.1. The summed E-state index contributed by atoms with van der Waals surface area (Å²) in [6.07, 6.45) is 5.50. The number of halogens is 1. The molecule has 8 nitrogen and oxygen atoms in total. The summed E-state index contributed by atoms with van der Waals surface area (Å²) in [6, 6.07) is 10.6. The van der Waals surface area contributed by atoms with Gasteiger partial charge in [0.15, 0.2) is 0 Å². The number of nitrogens with one attached hydrogen (secondary N) is 1. The Labute approximate surface area is 250 Å². The van der Waals surface area contributed by atoms with Crippen LogP contribution in [0.15, 0.2) is 41.3 Å². The van der Waals surface area contributed by atoms with Crippen LogP contribution in [0.5, 0.6) is 5.75 Å². The molecule has 1 aliphatic carbocycles. The van der Waals surface area contributed by atoms with E-state index in [0.717, 1.165) is 37.7 Å². The summed E-state index contributed by atoms with van der Waals surface area (Å²) >= 11 is 0. The molecule has 2 aromatic carbocycles. The van der Waals surface area contributed by atoms with E-state index in [2.05, 4.69) is 24.3 Å². The first kappa shape index (κ1) is 32.4. The lowest BCUT2D eigenvalue weighted by atomic mass is 9.75. The fourth-order valence-electron chi connectivity index (χ4n) is 6.75. The molecule has 42 heavy (non-hydrogen) atoms. The van der Waals surface area contributed by atoms with Crippen LogP contribution in [0.3, 0.4) is 0 Å². The predicted molar refractivity (Wildman–Crippen MR) is 161 cm³/mol. The molecule has 10 heteroatoms. The molecule has 2 aromatic rings. The van der Waals surface area contributed by atoms with Gasteiger partial charge < -0.3 is 19.7 Å². The van der Waals surface area contributed by atoms with E-state index in [4.69, 9.17) is 9.47 Å². The highest BCUT2D eigenvalue weighted by molar-refractivity contribution is 7.89. The van der Waals surface area contributed by atoms with Crippen molar-refractivity contribution in [2.75, 3.05) is 47.4 Å². The molecule has 1 aliphatic heterocycles. The third kappa shape index (κ3) is 7.89. The summed E-state index contributed by atoms with van der Waals surface area (Å²) in [6.45, 7) is 4.65. The number of carbonyl (C=O) groups excluding carboxylic acids is 1. The second kappa shape index (κ2) is 14.3. The third-order valence-corrected chi connectivity index (χ3v) is 11.0. The van der Waals surface area contributed by atoms with Crippen LogP contribution in [0, 0.1) is 31.5 Å². The molecule has 1 N–H and O–H groups in total. The van der Waals surface area contributed by atoms with Gasteiger partial charge in [-0.2, -0.15) is 4.31 Å². The van der Waals surface area contributed by atoms with E-state index in [1.807, 2.05) is 6.07 Å². The Balaban J connectivity index is 1.17. The average molecular weight is 604 g/mol. The molecule has 1 amide bonds. The van der Waals surface area contributed by atoms with Gasteiger partial charge >= 0.3 is 0 Å². The molecule has 2 fully saturated rings. The Morgan fingerprint density at radius 2 is 1.79 bits per heavy atom. The van der Waals surface area contributed by atoms with Crippen molar-refractivity contribution < 1.29 is 27.1 Å². The quantitative estimate of drug-likeness (QED) is 0.374. The lowest BCUT2D eigenvalue weighted by molar-refractivity contribution is -0.127. The first-order chi connectivity index (χ1) is 20.0. The number of hydrogen-bond donors (Lipinski definition) is 1. The van der Waals surface area contributed by atoms with Crippen molar-refractivity contribution in [3.8, 4) is 5.75 Å². The number of carbonyl (C=O) groups is 1. The highest BCUT2D eigenvalue weighted by Gasteiger charge is 2.35. The fourth-order valence-corrected chi connectivity index (χ4v) is 8.65. The minimum atomic E-state index is -3.68. The van der Waals surface area contributed by atoms with Crippen molar-refractivity contribution in [3.63, 3.8) is 0 Å². The number of hydrogen-bond acceptors (Lipinski definition) is 6. The van der Waals surface area contributed by atoms with Gasteiger partial charge in [-0.1, -0.05) is 25.0 Å². The van der Waals surface area contributed by atoms with E-state index in [1.165, 1.54) is 10.4 Å². The van der Waals surface area contributed by atoms with Crippen molar-refractivity contribution in [1.29, 1.82) is 0 Å². The number of nitrogens with zero attached hydrogens (tertiary/aromatic N) is 2. The summed E-state index contributed by atoms with van der Waals surface area (Å²) in [5.74, 6) is 1.29. The molecule has 0 aromatic heterocycles. The van der Waals surface area contributed by atoms with Crippen LogP contribution >= 0.6 is 0 Å². The summed E-state index contributed by atoms with van der Waals surface area (Å²) in [5.41, 5.74) is 2.33. The maximum absolute atomic E-state index is 13.9. The van der Waals surface area contributed by atoms with Crippen LogP contribution in [-0.4, -0.2) is 77.1 Å². The Hall–Kier alpha value is -2.53. The largest absolute Gasteiger partial charge is 0.497 e. The molecule has 0 radical (unpaired) electrons. The van der Waals surface area contributed by atoms with E-state index in [1.54, 1.807) is 45.2 Å². The zero-order valence-electron chi connectivity index (χ0n) is 25.6. The van der Waals surface area contributed by atoms with E-state index in [9.17, 15) is 17.6 Å². The highest BCUT2D eigenvalue weighted by atomic mass is 32.2. The number of benzene rings is 2. The Kier molecular flexibility index (Phi) is 11.0. The van der Waals surface area contributed by atoms with Crippen molar-refractivity contribution >= 4 is 15.9 Å². The lowest BCUT2D eigenvalue weighted by Crippen LogP contribution is -2.34. The van der Waals surface area contributed by atoms with E-state index < -0.39 is 10.0 Å². The molecule has 1 heterocycles. The number of sulfonamides is 1. The molecule has 1 saturated carbocycles. The molecule has 1 saturated heterocycles. The van der Waals surface area contributed by atoms with Gasteiger partial charge in [0.25, 0.3) is 0 Å². The number of methoxy groups -OCH3 is 1. The van der Waals surface area contributed by atoms with Crippen molar-refractivity contribution in [1.82, 2.24) is 14.5 Å². The second-order valence-electron chi connectivity index (χ2n) is 12.1. The van der Waals surface area contributed by atoms with Gasteiger partial charge in [-0.05, 0) is 106 Å². The van der Waals surface area contributed by atoms with Gasteiger partial charge in [-0.25, -0.2) is 12.8 Å². The van der Waals surface area contributed by atoms with Gasteiger partial charge in [0, 0.05) is 25.7 Å². The molecule has 232 valence electrons. The minimum absolute atomic E-state index is 0.0793. The number of amides is 1. The maximum Gasteiger partial charge on any atom is 0.246 e. The van der Waals surface area contributed by atoms with Crippen LogP contribution in [0.2, 0.25) is 0 Å². The normalized spacial score (nSPS) is 22.3. The van der Waals surface area contributed by atoms with Crippen LogP contribution < -0.4 is 10.1 Å². The zero-order valence-corrected chi connectivity index (χ0v) is 26.4. The van der Waals surface area contributed by atoms with Crippen LogP contribution in [0.1, 0.15) is 61.3 Å². The van der Waals surface area contributed by atoms with E-state index in [0.29, 0.717) is 53.1 Å². The molecule has 0 spiro atoms. The Morgan fingerprint density at radius 3 is 2.40 bits per heavy atom. The molecule has 0 bridgehead atoms. The van der Waals surface area contributed by atoms with Gasteiger partial charge in [-0.3, -0.25) is 4.79 Å². The van der Waals surface area contributed by atoms with Gasteiger partial charge in [-0.15, -0.1) is 0 Å². The molecule has 2 unspecified atom stereocenters. The third-order valence-electron chi connectivity index (χ3n) is 8.78. The van der Waals surface area contributed by atoms with Gasteiger partial charge in [0.2, 0.25) is 15.9 Å². The summed E-state index contributed by atoms with van der Waals surface area (Å²) in [4.78, 5) is 15.0. The first-order valence-electron chi connectivity index (χ1n) is 14.9. The standard InChI is InChI=1S/C32H46FN3O5S/c1-22-17-29(40-5)18-23(2)32(22)42(38,39)36-16-14-28(20-36)41-21-30(37)34-15-13-24-9-11-25(12-10-24)31(35(3)4)26-7-6-8-27(33)19-26/h6-8,17-19,24-25,28,31H,9-16,20-21H2,1-5H3,(H,34,37). The number of rotatable bonds is 12. The molecule has 2 aliphatic rings. The summed E-state index contributed by atoms with van der Waals surface area (Å²) in [7, 11) is 2.00. The second-order valence-corrected chi connectivity index (χ2v) is 13.9. The maximum atomic E-state index is 13.9. The highest BCUT2D eigenvalue weighted by Crippen LogP contribution is 2.40. The number of ether oxygens (including phenoxy) is 2. The lowest BCUT2D eigenvalue weighted by Gasteiger charge is -2.37. The topological polar surface area (TPSA) is 88.2 Å². The van der Waals surface area contributed by atoms with E-state index >= 15 is 0 Å². The monoisotopic (exact) mass is 603 g/mol. The van der Waals surface area contributed by atoms with Crippen LogP contribution in [0.25, 0.3) is 0 Å². The van der Waals surface area contributed by atoms with Gasteiger partial charge in [0.05, 0.1) is 18.1 Å². The van der Waals surface area contributed by atoms with Crippen LogP contribution in [-0.2, 0) is 19.6 Å². The fraction of sp³-hybridized carbons (Fsp3) is 0.594. The molecule has 2 atom stereocenters. The van der Waals surface area contributed by atoms with Gasteiger partial charge in [0.1, 0.15) is 18.2 Å². The minimum Gasteiger partial charge on any atom is -0.497 e. The molecule has 4 rings (SSSR count). The molecular weight excluding hydrogens is 557 g/mol. The average Bonchev–Trinajstić information content (AvgIpc) is 3.42. The Bertz CT molecular complexity index is 1300. The smallest absolute Gasteiger partial charge is 0.246 e. The van der Waals surface area contributed by atoms with E-state index in [-0.39, 0.29) is 37.0 Å². The molecular formula is C32H46FN3O5S. The van der Waals surface area contributed by atoms with Crippen molar-refractivity contribution in [3.05, 3.63) is 58.9 Å². The summed E-state index contributed by atoms with van der Waals surface area (Å²) in [5, 5.41) is 2.97. The predicted octanol–water partition coefficient (Wildman–Crippen LogP) is 4.85. The zero-order chi connectivity index (χ0) is 30.4. The first-order valence-corrected chi connectivity index (χ1v) is 16.4. The van der Waals surface area contributed by atoms with Crippen molar-refractivity contribution in [2.45, 2.75) is 69.4 Å². The van der Waals surface area contributed by atoms with Crippen LogP contribution in [0.4, 0.5) is 4.39 Å². The SMILES string of the molecule is COc1cc(C)c(S(=O)(=O)N2CCC(OCC(=O)NCCC3CCC(C(c4cccc(F)c4)N(C)C)CC3)C2)c(C)c1. The van der Waals surface area contributed by atoms with Crippen molar-refractivity contribution in [2.24, 2.45) is 11.8 Å². The number of aryl methyl sites for hydroxylation is 2. The Morgan fingerprint density at radius 1 is 1.10 bits per heavy atom.